The number of rotatable bonds is 1. The number of para-hydroxylation sites is 1. The van der Waals surface area contributed by atoms with Crippen LogP contribution in [0.4, 0.5) is 10.5 Å². The summed E-state index contributed by atoms with van der Waals surface area (Å²) in [6.45, 7) is 5.14. The van der Waals surface area contributed by atoms with Crippen molar-refractivity contribution in [1.29, 1.82) is 0 Å². The molecule has 6 nitrogen and oxygen atoms in total. The number of fused-ring (bicyclic) bond motifs is 3. The van der Waals surface area contributed by atoms with E-state index in [-0.39, 0.29) is 13.0 Å². The fraction of sp³-hybridized carbons (Fsp3) is 0.562. The van der Waals surface area contributed by atoms with Gasteiger partial charge in [0.15, 0.2) is 6.23 Å². The molecule has 3 atom stereocenters. The third-order valence-corrected chi connectivity index (χ3v) is 3.93. The van der Waals surface area contributed by atoms with Crippen molar-refractivity contribution >= 4 is 11.8 Å². The summed E-state index contributed by atoms with van der Waals surface area (Å²) in [5.74, 6) is 0. The molecule has 0 spiro atoms. The van der Waals surface area contributed by atoms with Crippen molar-refractivity contribution in [3.63, 3.8) is 0 Å². The Morgan fingerprint density at radius 1 is 1.45 bits per heavy atom. The van der Waals surface area contributed by atoms with Crippen LogP contribution < -0.4 is 4.90 Å². The fourth-order valence-corrected chi connectivity index (χ4v) is 3.10. The van der Waals surface area contributed by atoms with Crippen molar-refractivity contribution in [2.24, 2.45) is 0 Å². The van der Waals surface area contributed by atoms with Crippen LogP contribution in [0.2, 0.25) is 0 Å². The first-order chi connectivity index (χ1) is 10.3. The Bertz CT molecular complexity index is 596. The zero-order valence-electron chi connectivity index (χ0n) is 12.9. The molecule has 2 N–H and O–H groups in total. The van der Waals surface area contributed by atoms with Gasteiger partial charge in [-0.15, -0.1) is 0 Å². The van der Waals surface area contributed by atoms with Gasteiger partial charge in [0.05, 0.1) is 18.4 Å². The minimum absolute atomic E-state index is 0.205. The number of aliphatic hydroxyl groups excluding tert-OH is 1. The zero-order chi connectivity index (χ0) is 16.1. The lowest BCUT2D eigenvalue weighted by atomic mass is 9.91. The number of anilines is 1. The summed E-state index contributed by atoms with van der Waals surface area (Å²) < 4.78 is 11.1. The molecule has 1 amide bonds. The Balaban J connectivity index is 2.01. The quantitative estimate of drug-likeness (QED) is 0.826. The van der Waals surface area contributed by atoms with E-state index in [1.165, 1.54) is 4.90 Å². The minimum Gasteiger partial charge on any atom is -0.443 e. The van der Waals surface area contributed by atoms with E-state index in [4.69, 9.17) is 9.47 Å². The Morgan fingerprint density at radius 2 is 2.14 bits per heavy atom. The summed E-state index contributed by atoms with van der Waals surface area (Å²) in [6.07, 6.45) is -1.71. The highest BCUT2D eigenvalue weighted by Gasteiger charge is 2.59. The van der Waals surface area contributed by atoms with E-state index >= 15 is 0 Å². The van der Waals surface area contributed by atoms with E-state index in [2.05, 4.69) is 0 Å². The highest BCUT2D eigenvalue weighted by Crippen LogP contribution is 2.51. The van der Waals surface area contributed by atoms with Crippen LogP contribution in [-0.2, 0) is 15.1 Å². The first kappa shape index (κ1) is 15.3. The molecule has 2 aliphatic rings. The normalized spacial score (nSPS) is 30.1. The van der Waals surface area contributed by atoms with Crippen molar-refractivity contribution in [2.75, 3.05) is 11.5 Å². The van der Waals surface area contributed by atoms with Crippen molar-refractivity contribution < 1.29 is 24.5 Å². The molecule has 6 heteroatoms. The first-order valence-electron chi connectivity index (χ1n) is 7.37. The van der Waals surface area contributed by atoms with Gasteiger partial charge in [-0.3, -0.25) is 0 Å². The number of hydrogen-bond donors (Lipinski definition) is 2. The average molecular weight is 307 g/mol. The summed E-state index contributed by atoms with van der Waals surface area (Å²) in [6, 6.07) is 7.13. The van der Waals surface area contributed by atoms with E-state index in [0.717, 1.165) is 0 Å². The highest BCUT2D eigenvalue weighted by molar-refractivity contribution is 5.92. The molecule has 3 rings (SSSR count). The smallest absolute Gasteiger partial charge is 0.417 e. The van der Waals surface area contributed by atoms with Gasteiger partial charge in [0, 0.05) is 12.0 Å². The molecule has 0 radical (unpaired) electrons. The molecule has 1 aromatic carbocycles. The topological polar surface area (TPSA) is 79.2 Å². The molecule has 2 aliphatic heterocycles. The van der Waals surface area contributed by atoms with Crippen LogP contribution in [0.15, 0.2) is 24.3 Å². The van der Waals surface area contributed by atoms with E-state index < -0.39 is 29.6 Å². The maximum atomic E-state index is 12.6. The van der Waals surface area contributed by atoms with E-state index in [9.17, 15) is 15.0 Å². The largest absolute Gasteiger partial charge is 0.443 e. The number of hydrogen-bond acceptors (Lipinski definition) is 5. The lowest BCUT2D eigenvalue weighted by Gasteiger charge is -2.29. The molecule has 120 valence electrons. The van der Waals surface area contributed by atoms with Gasteiger partial charge >= 0.3 is 6.09 Å². The van der Waals surface area contributed by atoms with Crippen molar-refractivity contribution in [1.82, 2.24) is 0 Å². The van der Waals surface area contributed by atoms with Crippen LogP contribution in [0.25, 0.3) is 0 Å². The molecule has 1 aromatic rings. The third kappa shape index (κ3) is 2.27. The summed E-state index contributed by atoms with van der Waals surface area (Å²) in [4.78, 5) is 13.9. The number of nitrogens with zero attached hydrogens (tertiary/aromatic N) is 1. The van der Waals surface area contributed by atoms with Gasteiger partial charge in [0.25, 0.3) is 0 Å². The first-order valence-corrected chi connectivity index (χ1v) is 7.37. The molecule has 0 aliphatic carbocycles. The second-order valence-corrected chi connectivity index (χ2v) is 6.79. The summed E-state index contributed by atoms with van der Waals surface area (Å²) in [5, 5.41) is 20.3. The molecule has 0 aromatic heterocycles. The summed E-state index contributed by atoms with van der Waals surface area (Å²) in [7, 11) is 0. The summed E-state index contributed by atoms with van der Waals surface area (Å²) >= 11 is 0. The molecule has 22 heavy (non-hydrogen) atoms. The highest BCUT2D eigenvalue weighted by atomic mass is 16.6. The van der Waals surface area contributed by atoms with Crippen LogP contribution >= 0.6 is 0 Å². The lowest BCUT2D eigenvalue weighted by Crippen LogP contribution is -2.47. The number of carbonyl (C=O) groups excluding carboxylic acids is 1. The average Bonchev–Trinajstić information content (AvgIpc) is 2.86. The minimum atomic E-state index is -1.32. The van der Waals surface area contributed by atoms with E-state index in [1.807, 2.05) is 0 Å². The third-order valence-electron chi connectivity index (χ3n) is 3.93. The second-order valence-electron chi connectivity index (χ2n) is 6.79. The predicted octanol–water partition coefficient (Wildman–Crippen LogP) is 1.74. The SMILES string of the molecule is CC(C)(C)OC(=O)N1c2ccccc2[C@]2(O)C[C@@H](CO)OC12. The Kier molecular flexibility index (Phi) is 3.43. The molecule has 1 saturated heterocycles. The van der Waals surface area contributed by atoms with Gasteiger partial charge in [-0.05, 0) is 26.8 Å². The van der Waals surface area contributed by atoms with Gasteiger partial charge in [-0.2, -0.15) is 0 Å². The maximum Gasteiger partial charge on any atom is 0.417 e. The number of benzene rings is 1. The molecular weight excluding hydrogens is 286 g/mol. The van der Waals surface area contributed by atoms with Gasteiger partial charge in [0.1, 0.15) is 11.2 Å². The number of amides is 1. The van der Waals surface area contributed by atoms with E-state index in [0.29, 0.717) is 11.3 Å². The van der Waals surface area contributed by atoms with Crippen LogP contribution in [-0.4, -0.2) is 40.8 Å². The fourth-order valence-electron chi connectivity index (χ4n) is 3.10. The van der Waals surface area contributed by atoms with Gasteiger partial charge < -0.3 is 19.7 Å². The summed E-state index contributed by atoms with van der Waals surface area (Å²) in [5.41, 5.74) is -0.759. The predicted molar refractivity (Wildman–Crippen MR) is 79.4 cm³/mol. The van der Waals surface area contributed by atoms with Crippen molar-refractivity contribution in [3.05, 3.63) is 29.8 Å². The zero-order valence-corrected chi connectivity index (χ0v) is 12.9. The molecule has 2 heterocycles. The number of ether oxygens (including phenoxy) is 2. The van der Waals surface area contributed by atoms with Crippen LogP contribution in [0.1, 0.15) is 32.8 Å². The second kappa shape index (κ2) is 4.94. The molecule has 1 fully saturated rings. The van der Waals surface area contributed by atoms with E-state index in [1.54, 1.807) is 45.0 Å². The van der Waals surface area contributed by atoms with Crippen LogP contribution in [0.5, 0.6) is 0 Å². The molecule has 0 bridgehead atoms. The Morgan fingerprint density at radius 3 is 2.77 bits per heavy atom. The van der Waals surface area contributed by atoms with Crippen molar-refractivity contribution in [3.8, 4) is 0 Å². The number of aliphatic hydroxyl groups is 2. The molecular formula is C16H21NO5. The molecule has 1 unspecified atom stereocenters. The Hall–Kier alpha value is -1.63. The maximum absolute atomic E-state index is 12.6. The van der Waals surface area contributed by atoms with Crippen LogP contribution in [0.3, 0.4) is 0 Å². The van der Waals surface area contributed by atoms with Crippen molar-refractivity contribution in [2.45, 2.75) is 50.7 Å². The lowest BCUT2D eigenvalue weighted by molar-refractivity contribution is -0.0503. The Labute approximate surface area is 129 Å². The number of carbonyl (C=O) groups is 1. The van der Waals surface area contributed by atoms with Crippen LogP contribution in [0, 0.1) is 0 Å². The molecule has 0 saturated carbocycles. The monoisotopic (exact) mass is 307 g/mol. The van der Waals surface area contributed by atoms with Gasteiger partial charge in [0.2, 0.25) is 0 Å². The van der Waals surface area contributed by atoms with Gasteiger partial charge in [-0.1, -0.05) is 18.2 Å². The van der Waals surface area contributed by atoms with Gasteiger partial charge in [-0.25, -0.2) is 9.69 Å². The standard InChI is InChI=1S/C16H21NO5/c1-15(2,3)22-14(19)17-12-7-5-4-6-11(12)16(20)8-10(9-18)21-13(16)17/h4-7,10,13,18,20H,8-9H2,1-3H3/t10-,13?,16+/m0/s1.